The number of alkyl halides is 3. The van der Waals surface area contributed by atoms with E-state index in [2.05, 4.69) is 4.98 Å². The Morgan fingerprint density at radius 3 is 2.47 bits per heavy atom. The van der Waals surface area contributed by atoms with Gasteiger partial charge in [0.15, 0.2) is 0 Å². The molecule has 0 saturated carbocycles. The number of rotatable bonds is 4. The van der Waals surface area contributed by atoms with Gasteiger partial charge in [0.25, 0.3) is 0 Å². The maximum atomic E-state index is 12.5. The normalized spacial score (nSPS) is 11.7. The third-order valence-electron chi connectivity index (χ3n) is 2.31. The van der Waals surface area contributed by atoms with Crippen LogP contribution in [0.4, 0.5) is 19.0 Å². The summed E-state index contributed by atoms with van der Waals surface area (Å²) in [5.41, 5.74) is -0.176. The number of hydrogen-bond donors (Lipinski definition) is 1. The Balaban J connectivity index is 3.14. The lowest BCUT2D eigenvalue weighted by atomic mass is 10.2. The molecule has 0 saturated heterocycles. The molecule has 0 aliphatic rings. The van der Waals surface area contributed by atoms with Crippen LogP contribution in [-0.4, -0.2) is 34.8 Å². The lowest BCUT2D eigenvalue weighted by Crippen LogP contribution is -2.39. The molecule has 0 atom stereocenters. The number of aromatic carboxylic acids is 1. The van der Waals surface area contributed by atoms with Crippen molar-refractivity contribution >= 4 is 23.4 Å². The summed E-state index contributed by atoms with van der Waals surface area (Å²) in [5, 5.41) is 8.62. The first-order chi connectivity index (χ1) is 8.61. The molecular weight excluding hydrogens is 285 g/mol. The number of anilines is 1. The first kappa shape index (κ1) is 15.6. The fraction of sp³-hybridized carbons (Fsp3) is 0.455. The second-order valence-electron chi connectivity index (χ2n) is 4.17. The molecular formula is C11H12ClF3N2O2. The van der Waals surface area contributed by atoms with Crippen LogP contribution in [0.5, 0.6) is 0 Å². The molecule has 0 radical (unpaired) electrons. The summed E-state index contributed by atoms with van der Waals surface area (Å²) in [4.78, 5) is 15.4. The quantitative estimate of drug-likeness (QED) is 0.927. The van der Waals surface area contributed by atoms with Gasteiger partial charge in [0.05, 0.1) is 10.6 Å². The summed E-state index contributed by atoms with van der Waals surface area (Å²) < 4.78 is 37.5. The molecule has 1 aromatic heterocycles. The zero-order valence-electron chi connectivity index (χ0n) is 10.2. The van der Waals surface area contributed by atoms with Crippen LogP contribution < -0.4 is 4.90 Å². The Morgan fingerprint density at radius 2 is 2.11 bits per heavy atom. The van der Waals surface area contributed by atoms with Crippen molar-refractivity contribution in [3.63, 3.8) is 0 Å². The Hall–Kier alpha value is -1.50. The van der Waals surface area contributed by atoms with Gasteiger partial charge in [-0.25, -0.2) is 9.78 Å². The maximum absolute atomic E-state index is 12.5. The number of aromatic nitrogens is 1. The van der Waals surface area contributed by atoms with Gasteiger partial charge in [0, 0.05) is 12.2 Å². The van der Waals surface area contributed by atoms with Crippen molar-refractivity contribution in [2.75, 3.05) is 11.4 Å². The van der Waals surface area contributed by atoms with Crippen molar-refractivity contribution in [1.29, 1.82) is 0 Å². The van der Waals surface area contributed by atoms with Crippen LogP contribution in [0.2, 0.25) is 5.02 Å². The molecule has 0 aromatic carbocycles. The van der Waals surface area contributed by atoms with Crippen molar-refractivity contribution in [3.05, 3.63) is 22.8 Å². The van der Waals surface area contributed by atoms with Crippen LogP contribution >= 0.6 is 11.6 Å². The molecule has 0 bridgehead atoms. The minimum absolute atomic E-state index is 0.0843. The standard InChI is InChI=1S/C11H12ClF3N2O2/c1-6(2)17(5-11(13,14)15)9-8(12)3-7(4-16-9)10(18)19/h3-4,6H,5H2,1-2H3,(H,18,19). The highest BCUT2D eigenvalue weighted by atomic mass is 35.5. The molecule has 1 N–H and O–H groups in total. The molecule has 19 heavy (non-hydrogen) atoms. The zero-order chi connectivity index (χ0) is 14.8. The van der Waals surface area contributed by atoms with Crippen LogP contribution in [0.15, 0.2) is 12.3 Å². The van der Waals surface area contributed by atoms with E-state index in [0.717, 1.165) is 17.2 Å². The number of halogens is 4. The lowest BCUT2D eigenvalue weighted by Gasteiger charge is -2.29. The molecule has 1 aromatic rings. The van der Waals surface area contributed by atoms with E-state index in [4.69, 9.17) is 16.7 Å². The van der Waals surface area contributed by atoms with Gasteiger partial charge >= 0.3 is 12.1 Å². The number of carbonyl (C=O) groups is 1. The van der Waals surface area contributed by atoms with Gasteiger partial charge < -0.3 is 10.0 Å². The van der Waals surface area contributed by atoms with E-state index in [-0.39, 0.29) is 16.4 Å². The van der Waals surface area contributed by atoms with E-state index < -0.39 is 24.7 Å². The number of nitrogens with zero attached hydrogens (tertiary/aromatic N) is 2. The lowest BCUT2D eigenvalue weighted by molar-refractivity contribution is -0.120. The summed E-state index contributed by atoms with van der Waals surface area (Å²) >= 11 is 5.81. The largest absolute Gasteiger partial charge is 0.478 e. The SMILES string of the molecule is CC(C)N(CC(F)(F)F)c1ncc(C(=O)O)cc1Cl. The fourth-order valence-electron chi connectivity index (χ4n) is 1.45. The topological polar surface area (TPSA) is 53.4 Å². The van der Waals surface area contributed by atoms with Gasteiger partial charge in [-0.05, 0) is 19.9 Å². The first-order valence-electron chi connectivity index (χ1n) is 5.34. The predicted octanol–water partition coefficient (Wildman–Crippen LogP) is 3.21. The Kier molecular flexibility index (Phi) is 4.62. The molecule has 1 heterocycles. The number of carboxylic acids is 1. The van der Waals surface area contributed by atoms with E-state index >= 15 is 0 Å². The molecule has 0 amide bonds. The van der Waals surface area contributed by atoms with Crippen LogP contribution in [0.25, 0.3) is 0 Å². The van der Waals surface area contributed by atoms with Crippen LogP contribution in [0, 0.1) is 0 Å². The van der Waals surface area contributed by atoms with Crippen molar-refractivity contribution in [1.82, 2.24) is 4.98 Å². The molecule has 4 nitrogen and oxygen atoms in total. The minimum Gasteiger partial charge on any atom is -0.478 e. The highest BCUT2D eigenvalue weighted by Gasteiger charge is 2.33. The highest BCUT2D eigenvalue weighted by Crippen LogP contribution is 2.29. The van der Waals surface area contributed by atoms with Crippen LogP contribution in [0.3, 0.4) is 0 Å². The second kappa shape index (κ2) is 5.64. The number of pyridine rings is 1. The molecule has 106 valence electrons. The monoisotopic (exact) mass is 296 g/mol. The molecule has 8 heteroatoms. The highest BCUT2D eigenvalue weighted by molar-refractivity contribution is 6.33. The summed E-state index contributed by atoms with van der Waals surface area (Å²) in [6, 6.07) is 0.597. The average molecular weight is 297 g/mol. The molecule has 0 spiro atoms. The van der Waals surface area contributed by atoms with E-state index in [9.17, 15) is 18.0 Å². The summed E-state index contributed by atoms with van der Waals surface area (Å²) in [6.07, 6.45) is -3.42. The Morgan fingerprint density at radius 1 is 1.53 bits per heavy atom. The van der Waals surface area contributed by atoms with Gasteiger partial charge in [-0.3, -0.25) is 0 Å². The molecule has 0 aliphatic carbocycles. The van der Waals surface area contributed by atoms with E-state index in [1.807, 2.05) is 0 Å². The van der Waals surface area contributed by atoms with Crippen molar-refractivity contribution in [2.45, 2.75) is 26.1 Å². The minimum atomic E-state index is -4.40. The van der Waals surface area contributed by atoms with Gasteiger partial charge in [0.2, 0.25) is 0 Å². The number of carboxylic acid groups (broad SMARTS) is 1. The first-order valence-corrected chi connectivity index (χ1v) is 5.72. The Bertz CT molecular complexity index is 477. The van der Waals surface area contributed by atoms with Crippen LogP contribution in [0.1, 0.15) is 24.2 Å². The molecule has 0 aliphatic heterocycles. The fourth-order valence-corrected chi connectivity index (χ4v) is 1.73. The second-order valence-corrected chi connectivity index (χ2v) is 4.58. The van der Waals surface area contributed by atoms with Crippen molar-refractivity contribution in [2.24, 2.45) is 0 Å². The van der Waals surface area contributed by atoms with E-state index in [1.165, 1.54) is 0 Å². The molecule has 0 fully saturated rings. The average Bonchev–Trinajstić information content (AvgIpc) is 2.24. The Labute approximate surface area is 112 Å². The summed E-state index contributed by atoms with van der Waals surface area (Å²) in [7, 11) is 0. The third-order valence-corrected chi connectivity index (χ3v) is 2.59. The van der Waals surface area contributed by atoms with Crippen molar-refractivity contribution < 1.29 is 23.1 Å². The zero-order valence-corrected chi connectivity index (χ0v) is 11.0. The number of hydrogen-bond acceptors (Lipinski definition) is 3. The van der Waals surface area contributed by atoms with Crippen molar-refractivity contribution in [3.8, 4) is 0 Å². The van der Waals surface area contributed by atoms with Gasteiger partial charge in [-0.2, -0.15) is 13.2 Å². The predicted molar refractivity (Wildman–Crippen MR) is 64.7 cm³/mol. The van der Waals surface area contributed by atoms with Gasteiger partial charge in [-0.15, -0.1) is 0 Å². The van der Waals surface area contributed by atoms with Gasteiger partial charge in [0.1, 0.15) is 12.4 Å². The van der Waals surface area contributed by atoms with E-state index in [0.29, 0.717) is 0 Å². The van der Waals surface area contributed by atoms with Gasteiger partial charge in [-0.1, -0.05) is 11.6 Å². The summed E-state index contributed by atoms with van der Waals surface area (Å²) in [5.74, 6) is -1.33. The maximum Gasteiger partial charge on any atom is 0.405 e. The third kappa shape index (κ3) is 4.27. The molecule has 0 unspecified atom stereocenters. The summed E-state index contributed by atoms with van der Waals surface area (Å²) in [6.45, 7) is 1.92. The van der Waals surface area contributed by atoms with Crippen LogP contribution in [-0.2, 0) is 0 Å². The smallest absolute Gasteiger partial charge is 0.405 e. The van der Waals surface area contributed by atoms with E-state index in [1.54, 1.807) is 13.8 Å². The molecule has 1 rings (SSSR count).